The summed E-state index contributed by atoms with van der Waals surface area (Å²) in [5.74, 6) is 1.00. The number of carbonyl (C=O) groups is 1. The van der Waals surface area contributed by atoms with Gasteiger partial charge in [-0.2, -0.15) is 0 Å². The van der Waals surface area contributed by atoms with E-state index in [4.69, 9.17) is 4.74 Å². The highest BCUT2D eigenvalue weighted by Crippen LogP contribution is 2.18. The zero-order chi connectivity index (χ0) is 15.2. The lowest BCUT2D eigenvalue weighted by Crippen LogP contribution is -2.46. The summed E-state index contributed by atoms with van der Waals surface area (Å²) >= 11 is 0. The zero-order valence-electron chi connectivity index (χ0n) is 13.2. The second kappa shape index (κ2) is 7.45. The maximum absolute atomic E-state index is 11.7. The number of aromatic nitrogens is 2. The topological polar surface area (TPSA) is 70.2 Å². The molecule has 0 aromatic carbocycles. The molecule has 1 aliphatic rings. The van der Waals surface area contributed by atoms with Crippen molar-refractivity contribution in [2.45, 2.75) is 52.1 Å². The molecule has 0 spiro atoms. The standard InChI is InChI=1S/C15H26N4O2/c1-4-13(14-16-10-11(3)17-14)18-12-6-8-19(9-7-12)15(20)21-5-2/h10,12-13,18H,4-9H2,1-3H3,(H,16,17)/t13-/m1/s1. The van der Waals surface area contributed by atoms with Crippen molar-refractivity contribution in [2.24, 2.45) is 0 Å². The molecule has 0 radical (unpaired) electrons. The van der Waals surface area contributed by atoms with Crippen molar-refractivity contribution in [1.29, 1.82) is 0 Å². The molecule has 1 aromatic heterocycles. The number of hydrogen-bond acceptors (Lipinski definition) is 4. The van der Waals surface area contributed by atoms with Gasteiger partial charge >= 0.3 is 6.09 Å². The molecule has 2 N–H and O–H groups in total. The zero-order valence-corrected chi connectivity index (χ0v) is 13.2. The van der Waals surface area contributed by atoms with Gasteiger partial charge in [0.05, 0.1) is 12.6 Å². The van der Waals surface area contributed by atoms with E-state index >= 15 is 0 Å². The lowest BCUT2D eigenvalue weighted by Gasteiger charge is -2.33. The van der Waals surface area contributed by atoms with Crippen LogP contribution in [0.1, 0.15) is 50.7 Å². The molecule has 6 heteroatoms. The van der Waals surface area contributed by atoms with E-state index in [0.29, 0.717) is 12.6 Å². The Morgan fingerprint density at radius 1 is 1.52 bits per heavy atom. The molecule has 118 valence electrons. The second-order valence-corrected chi connectivity index (χ2v) is 5.54. The molecular formula is C15H26N4O2. The number of aryl methyl sites for hydroxylation is 1. The number of aromatic amines is 1. The summed E-state index contributed by atoms with van der Waals surface area (Å²) in [6.07, 6.45) is 4.57. The van der Waals surface area contributed by atoms with E-state index in [-0.39, 0.29) is 12.1 Å². The van der Waals surface area contributed by atoms with Crippen molar-refractivity contribution >= 4 is 6.09 Å². The van der Waals surface area contributed by atoms with Crippen molar-refractivity contribution in [3.8, 4) is 0 Å². The molecule has 21 heavy (non-hydrogen) atoms. The minimum absolute atomic E-state index is 0.190. The summed E-state index contributed by atoms with van der Waals surface area (Å²) in [5, 5.41) is 3.65. The molecule has 2 rings (SSSR count). The molecule has 1 amide bonds. The van der Waals surface area contributed by atoms with Crippen LogP contribution in [-0.4, -0.2) is 46.7 Å². The number of nitrogens with zero attached hydrogens (tertiary/aromatic N) is 2. The van der Waals surface area contributed by atoms with Crippen molar-refractivity contribution < 1.29 is 9.53 Å². The molecule has 1 saturated heterocycles. The summed E-state index contributed by atoms with van der Waals surface area (Å²) in [5.41, 5.74) is 1.09. The number of piperidine rings is 1. The molecule has 0 bridgehead atoms. The lowest BCUT2D eigenvalue weighted by atomic mass is 10.0. The number of carbonyl (C=O) groups excluding carboxylic acids is 1. The number of nitrogens with one attached hydrogen (secondary N) is 2. The van der Waals surface area contributed by atoms with Crippen molar-refractivity contribution in [1.82, 2.24) is 20.2 Å². The van der Waals surface area contributed by atoms with E-state index in [9.17, 15) is 4.79 Å². The minimum atomic E-state index is -0.190. The molecule has 1 aromatic rings. The van der Waals surface area contributed by atoms with E-state index in [0.717, 1.165) is 43.9 Å². The molecular weight excluding hydrogens is 268 g/mol. The fraction of sp³-hybridized carbons (Fsp3) is 0.733. The van der Waals surface area contributed by atoms with E-state index in [2.05, 4.69) is 22.2 Å². The van der Waals surface area contributed by atoms with Gasteiger partial charge in [0, 0.05) is 31.0 Å². The van der Waals surface area contributed by atoms with Crippen LogP contribution in [0.2, 0.25) is 0 Å². The average molecular weight is 294 g/mol. The van der Waals surface area contributed by atoms with Crippen LogP contribution in [0.3, 0.4) is 0 Å². The summed E-state index contributed by atoms with van der Waals surface area (Å²) < 4.78 is 5.04. The number of H-pyrrole nitrogens is 1. The van der Waals surface area contributed by atoms with Crippen LogP contribution < -0.4 is 5.32 Å². The number of hydrogen-bond donors (Lipinski definition) is 2. The highest BCUT2D eigenvalue weighted by molar-refractivity contribution is 5.67. The fourth-order valence-corrected chi connectivity index (χ4v) is 2.73. The number of imidazole rings is 1. The third-order valence-electron chi connectivity index (χ3n) is 3.92. The van der Waals surface area contributed by atoms with Crippen molar-refractivity contribution in [3.05, 3.63) is 17.7 Å². The Bertz CT molecular complexity index is 452. The Labute approximate surface area is 126 Å². The number of likely N-dealkylation sites (tertiary alicyclic amines) is 1. The van der Waals surface area contributed by atoms with Gasteiger partial charge in [0.1, 0.15) is 5.82 Å². The summed E-state index contributed by atoms with van der Waals surface area (Å²) in [6.45, 7) is 7.95. The molecule has 1 aliphatic heterocycles. The number of rotatable bonds is 5. The first-order chi connectivity index (χ1) is 10.1. The van der Waals surface area contributed by atoms with Crippen LogP contribution in [0.15, 0.2) is 6.20 Å². The SMILES string of the molecule is CCOC(=O)N1CCC(N[C@H](CC)c2ncc(C)[nH]2)CC1. The first-order valence-electron chi connectivity index (χ1n) is 7.83. The lowest BCUT2D eigenvalue weighted by molar-refractivity contribution is 0.0940. The van der Waals surface area contributed by atoms with Crippen LogP contribution in [0, 0.1) is 6.92 Å². The highest BCUT2D eigenvalue weighted by Gasteiger charge is 2.25. The van der Waals surface area contributed by atoms with Crippen LogP contribution in [0.4, 0.5) is 4.79 Å². The van der Waals surface area contributed by atoms with Gasteiger partial charge in [0.15, 0.2) is 0 Å². The maximum Gasteiger partial charge on any atom is 0.409 e. The average Bonchev–Trinajstić information content (AvgIpc) is 2.92. The number of amides is 1. The molecule has 0 saturated carbocycles. The van der Waals surface area contributed by atoms with Gasteiger partial charge in [-0.25, -0.2) is 9.78 Å². The van der Waals surface area contributed by atoms with Gasteiger partial charge in [0.25, 0.3) is 0 Å². The predicted molar refractivity (Wildman–Crippen MR) is 81.1 cm³/mol. The quantitative estimate of drug-likeness (QED) is 0.874. The van der Waals surface area contributed by atoms with Crippen LogP contribution in [0.5, 0.6) is 0 Å². The van der Waals surface area contributed by atoms with Crippen LogP contribution >= 0.6 is 0 Å². The van der Waals surface area contributed by atoms with Crippen LogP contribution in [0.25, 0.3) is 0 Å². The first kappa shape index (κ1) is 15.8. The maximum atomic E-state index is 11.7. The third kappa shape index (κ3) is 4.20. The minimum Gasteiger partial charge on any atom is -0.450 e. The monoisotopic (exact) mass is 294 g/mol. The Balaban J connectivity index is 1.83. The number of ether oxygens (including phenoxy) is 1. The molecule has 1 fully saturated rings. The van der Waals surface area contributed by atoms with Gasteiger partial charge in [-0.05, 0) is 33.1 Å². The summed E-state index contributed by atoms with van der Waals surface area (Å²) in [4.78, 5) is 21.2. The van der Waals surface area contributed by atoms with E-state index < -0.39 is 0 Å². The molecule has 0 aliphatic carbocycles. The Morgan fingerprint density at radius 2 is 2.24 bits per heavy atom. The molecule has 1 atom stereocenters. The molecule has 6 nitrogen and oxygen atoms in total. The normalized spacial score (nSPS) is 17.8. The predicted octanol–water partition coefficient (Wildman–Crippen LogP) is 2.38. The molecule has 2 heterocycles. The summed E-state index contributed by atoms with van der Waals surface area (Å²) in [7, 11) is 0. The fourth-order valence-electron chi connectivity index (χ4n) is 2.73. The highest BCUT2D eigenvalue weighted by atomic mass is 16.6. The van der Waals surface area contributed by atoms with Gasteiger partial charge < -0.3 is 19.9 Å². The third-order valence-corrected chi connectivity index (χ3v) is 3.92. The smallest absolute Gasteiger partial charge is 0.409 e. The van der Waals surface area contributed by atoms with Gasteiger partial charge in [-0.1, -0.05) is 6.92 Å². The van der Waals surface area contributed by atoms with E-state index in [1.54, 1.807) is 4.90 Å². The Morgan fingerprint density at radius 3 is 2.76 bits per heavy atom. The first-order valence-corrected chi connectivity index (χ1v) is 7.83. The largest absolute Gasteiger partial charge is 0.450 e. The van der Waals surface area contributed by atoms with Gasteiger partial charge in [-0.3, -0.25) is 0 Å². The van der Waals surface area contributed by atoms with Gasteiger partial charge in [-0.15, -0.1) is 0 Å². The molecule has 0 unspecified atom stereocenters. The van der Waals surface area contributed by atoms with E-state index in [1.165, 1.54) is 0 Å². The Kier molecular flexibility index (Phi) is 5.61. The second-order valence-electron chi connectivity index (χ2n) is 5.54. The summed E-state index contributed by atoms with van der Waals surface area (Å²) in [6, 6.07) is 0.670. The van der Waals surface area contributed by atoms with E-state index in [1.807, 2.05) is 20.0 Å². The van der Waals surface area contributed by atoms with Crippen molar-refractivity contribution in [2.75, 3.05) is 19.7 Å². The van der Waals surface area contributed by atoms with Crippen LogP contribution in [-0.2, 0) is 4.74 Å². The Hall–Kier alpha value is -1.56. The van der Waals surface area contributed by atoms with Gasteiger partial charge in [0.2, 0.25) is 0 Å². The van der Waals surface area contributed by atoms with Crippen molar-refractivity contribution in [3.63, 3.8) is 0 Å².